The first-order valence-electron chi connectivity index (χ1n) is 6.02. The molecule has 4 nitrogen and oxygen atoms in total. The second-order valence-electron chi connectivity index (χ2n) is 4.66. The standard InChI is InChI=1S/C12H20N4/c1-3-12(4-2)6-8-16(9-12)11-14-7-5-10(13)15-11/h5,7H,3-4,6,8-9H2,1-2H3,(H2,13,14,15). The molecule has 1 aromatic heterocycles. The summed E-state index contributed by atoms with van der Waals surface area (Å²) < 4.78 is 0. The summed E-state index contributed by atoms with van der Waals surface area (Å²) in [5, 5.41) is 0. The number of aromatic nitrogens is 2. The van der Waals surface area contributed by atoms with E-state index in [2.05, 4.69) is 28.7 Å². The largest absolute Gasteiger partial charge is 0.384 e. The first-order chi connectivity index (χ1) is 7.69. The number of nitrogens with zero attached hydrogens (tertiary/aromatic N) is 3. The van der Waals surface area contributed by atoms with Gasteiger partial charge in [-0.2, -0.15) is 4.98 Å². The molecule has 16 heavy (non-hydrogen) atoms. The van der Waals surface area contributed by atoms with Crippen molar-refractivity contribution in [3.05, 3.63) is 12.3 Å². The number of anilines is 2. The van der Waals surface area contributed by atoms with Crippen LogP contribution in [0.5, 0.6) is 0 Å². The van der Waals surface area contributed by atoms with Gasteiger partial charge in [-0.3, -0.25) is 0 Å². The minimum atomic E-state index is 0.452. The molecule has 0 unspecified atom stereocenters. The van der Waals surface area contributed by atoms with E-state index in [4.69, 9.17) is 5.73 Å². The van der Waals surface area contributed by atoms with Gasteiger partial charge in [-0.15, -0.1) is 0 Å². The number of hydrogen-bond donors (Lipinski definition) is 1. The fourth-order valence-electron chi connectivity index (χ4n) is 2.45. The van der Waals surface area contributed by atoms with E-state index in [-0.39, 0.29) is 0 Å². The molecule has 1 aromatic rings. The quantitative estimate of drug-likeness (QED) is 0.847. The maximum Gasteiger partial charge on any atom is 0.227 e. The van der Waals surface area contributed by atoms with Crippen LogP contribution in [0.1, 0.15) is 33.1 Å². The molecule has 0 bridgehead atoms. The zero-order valence-electron chi connectivity index (χ0n) is 10.1. The van der Waals surface area contributed by atoms with E-state index >= 15 is 0 Å². The molecule has 1 fully saturated rings. The van der Waals surface area contributed by atoms with Gasteiger partial charge in [0.1, 0.15) is 5.82 Å². The van der Waals surface area contributed by atoms with E-state index in [1.807, 2.05) is 0 Å². The van der Waals surface area contributed by atoms with E-state index in [0.717, 1.165) is 19.0 Å². The van der Waals surface area contributed by atoms with Crippen LogP contribution in [0.3, 0.4) is 0 Å². The fourth-order valence-corrected chi connectivity index (χ4v) is 2.45. The lowest BCUT2D eigenvalue weighted by molar-refractivity contribution is 0.301. The minimum absolute atomic E-state index is 0.452. The predicted octanol–water partition coefficient (Wildman–Crippen LogP) is 2.08. The van der Waals surface area contributed by atoms with Crippen molar-refractivity contribution in [2.45, 2.75) is 33.1 Å². The summed E-state index contributed by atoms with van der Waals surface area (Å²) in [4.78, 5) is 10.8. The highest BCUT2D eigenvalue weighted by Crippen LogP contribution is 2.38. The van der Waals surface area contributed by atoms with Crippen molar-refractivity contribution >= 4 is 11.8 Å². The van der Waals surface area contributed by atoms with Crippen molar-refractivity contribution in [3.8, 4) is 0 Å². The highest BCUT2D eigenvalue weighted by molar-refractivity contribution is 5.39. The van der Waals surface area contributed by atoms with Gasteiger partial charge < -0.3 is 10.6 Å². The van der Waals surface area contributed by atoms with Crippen LogP contribution in [-0.2, 0) is 0 Å². The van der Waals surface area contributed by atoms with Gasteiger partial charge in [0.2, 0.25) is 5.95 Å². The second kappa shape index (κ2) is 4.28. The SMILES string of the molecule is CCC1(CC)CCN(c2nccc(N)n2)C1. The van der Waals surface area contributed by atoms with Crippen molar-refractivity contribution < 1.29 is 0 Å². The molecule has 1 aliphatic rings. The van der Waals surface area contributed by atoms with Crippen molar-refractivity contribution in [2.24, 2.45) is 5.41 Å². The summed E-state index contributed by atoms with van der Waals surface area (Å²) >= 11 is 0. The van der Waals surface area contributed by atoms with Crippen LogP contribution >= 0.6 is 0 Å². The Hall–Kier alpha value is -1.32. The van der Waals surface area contributed by atoms with E-state index in [0.29, 0.717) is 11.2 Å². The third-order valence-corrected chi connectivity index (χ3v) is 3.89. The van der Waals surface area contributed by atoms with Crippen molar-refractivity contribution in [1.29, 1.82) is 0 Å². The Bertz CT molecular complexity index is 360. The van der Waals surface area contributed by atoms with Gasteiger partial charge in [-0.05, 0) is 30.7 Å². The molecule has 2 rings (SSSR count). The maximum absolute atomic E-state index is 5.68. The normalized spacial score (nSPS) is 19.0. The van der Waals surface area contributed by atoms with E-state index in [9.17, 15) is 0 Å². The molecule has 1 aliphatic heterocycles. The molecule has 0 saturated carbocycles. The van der Waals surface area contributed by atoms with Crippen molar-refractivity contribution in [1.82, 2.24) is 9.97 Å². The Kier molecular flexibility index (Phi) is 2.99. The zero-order valence-corrected chi connectivity index (χ0v) is 10.1. The lowest BCUT2D eigenvalue weighted by atomic mass is 9.82. The van der Waals surface area contributed by atoms with Gasteiger partial charge in [0.05, 0.1) is 0 Å². The van der Waals surface area contributed by atoms with Gasteiger partial charge in [-0.1, -0.05) is 13.8 Å². The smallest absolute Gasteiger partial charge is 0.227 e. The van der Waals surface area contributed by atoms with Crippen LogP contribution in [0.4, 0.5) is 11.8 Å². The summed E-state index contributed by atoms with van der Waals surface area (Å²) in [5.41, 5.74) is 6.13. The summed E-state index contributed by atoms with van der Waals surface area (Å²) in [6.07, 6.45) is 5.42. The monoisotopic (exact) mass is 220 g/mol. The number of nitrogens with two attached hydrogens (primary N) is 1. The molecule has 88 valence electrons. The molecule has 0 aliphatic carbocycles. The Labute approximate surface area is 96.9 Å². The fraction of sp³-hybridized carbons (Fsp3) is 0.667. The molecule has 1 saturated heterocycles. The van der Waals surface area contributed by atoms with Gasteiger partial charge >= 0.3 is 0 Å². The predicted molar refractivity (Wildman–Crippen MR) is 66.3 cm³/mol. The molecule has 0 amide bonds. The van der Waals surface area contributed by atoms with Crippen LogP contribution in [0, 0.1) is 5.41 Å². The Morgan fingerprint density at radius 3 is 2.75 bits per heavy atom. The minimum Gasteiger partial charge on any atom is -0.384 e. The topological polar surface area (TPSA) is 55.0 Å². The molecular formula is C12H20N4. The summed E-state index contributed by atoms with van der Waals surface area (Å²) in [6, 6.07) is 1.73. The lowest BCUT2D eigenvalue weighted by Gasteiger charge is -2.26. The van der Waals surface area contributed by atoms with Crippen LogP contribution in [-0.4, -0.2) is 23.1 Å². The Balaban J connectivity index is 2.14. The molecule has 4 heteroatoms. The molecule has 2 N–H and O–H groups in total. The van der Waals surface area contributed by atoms with Crippen molar-refractivity contribution in [2.75, 3.05) is 23.7 Å². The van der Waals surface area contributed by atoms with Crippen LogP contribution < -0.4 is 10.6 Å². The molecule has 0 atom stereocenters. The molecule has 0 spiro atoms. The van der Waals surface area contributed by atoms with Gasteiger partial charge in [0, 0.05) is 19.3 Å². The molecule has 2 heterocycles. The first kappa shape index (κ1) is 11.2. The molecular weight excluding hydrogens is 200 g/mol. The van der Waals surface area contributed by atoms with Crippen LogP contribution in [0.2, 0.25) is 0 Å². The average Bonchev–Trinajstić information content (AvgIpc) is 2.74. The van der Waals surface area contributed by atoms with E-state index < -0.39 is 0 Å². The summed E-state index contributed by atoms with van der Waals surface area (Å²) in [5.74, 6) is 1.33. The molecule has 0 aromatic carbocycles. The lowest BCUT2D eigenvalue weighted by Crippen LogP contribution is -2.27. The van der Waals surface area contributed by atoms with Crippen molar-refractivity contribution in [3.63, 3.8) is 0 Å². The van der Waals surface area contributed by atoms with Gasteiger partial charge in [-0.25, -0.2) is 4.98 Å². The maximum atomic E-state index is 5.68. The number of rotatable bonds is 3. The third-order valence-electron chi connectivity index (χ3n) is 3.89. The highest BCUT2D eigenvalue weighted by Gasteiger charge is 2.35. The van der Waals surface area contributed by atoms with E-state index in [1.54, 1.807) is 12.3 Å². The third kappa shape index (κ3) is 1.96. The Morgan fingerprint density at radius 1 is 1.44 bits per heavy atom. The van der Waals surface area contributed by atoms with Gasteiger partial charge in [0.25, 0.3) is 0 Å². The second-order valence-corrected chi connectivity index (χ2v) is 4.66. The highest BCUT2D eigenvalue weighted by atomic mass is 15.3. The van der Waals surface area contributed by atoms with Crippen LogP contribution in [0.15, 0.2) is 12.3 Å². The number of nitrogen functional groups attached to an aromatic ring is 1. The van der Waals surface area contributed by atoms with E-state index in [1.165, 1.54) is 19.3 Å². The Morgan fingerprint density at radius 2 is 2.19 bits per heavy atom. The van der Waals surface area contributed by atoms with Gasteiger partial charge in [0.15, 0.2) is 0 Å². The van der Waals surface area contributed by atoms with Crippen LogP contribution in [0.25, 0.3) is 0 Å². The zero-order chi connectivity index (χ0) is 11.6. The summed E-state index contributed by atoms with van der Waals surface area (Å²) in [6.45, 7) is 6.65. The number of hydrogen-bond acceptors (Lipinski definition) is 4. The first-order valence-corrected chi connectivity index (χ1v) is 6.02. The average molecular weight is 220 g/mol. The summed E-state index contributed by atoms with van der Waals surface area (Å²) in [7, 11) is 0. The molecule has 0 radical (unpaired) electrons.